The minimum absolute atomic E-state index is 0. The van der Waals surface area contributed by atoms with Gasteiger partial charge in [-0.05, 0) is 41.5 Å². The smallest absolute Gasteiger partial charge is 0.194 e. The fourth-order valence-electron chi connectivity index (χ4n) is 4.00. The Bertz CT molecular complexity index is 819. The zero-order chi connectivity index (χ0) is 19.9. The van der Waals surface area contributed by atoms with E-state index in [1.807, 2.05) is 7.05 Å². The Balaban J connectivity index is 0.00000256. The van der Waals surface area contributed by atoms with Gasteiger partial charge in [-0.2, -0.15) is 0 Å². The molecular weight excluding hydrogens is 489 g/mol. The molecule has 1 saturated heterocycles. The predicted octanol–water partition coefficient (Wildman–Crippen LogP) is 4.13. The molecule has 0 saturated carbocycles. The van der Waals surface area contributed by atoms with Crippen LogP contribution in [0.25, 0.3) is 0 Å². The second-order valence-electron chi connectivity index (χ2n) is 7.78. The van der Waals surface area contributed by atoms with Gasteiger partial charge in [-0.3, -0.25) is 4.99 Å². The fraction of sp³-hybridized carbons (Fsp3) is 0.458. The lowest BCUT2D eigenvalue weighted by molar-refractivity contribution is -0.0390. The molecule has 1 N–H and O–H groups in total. The molecule has 2 aromatic rings. The second kappa shape index (κ2) is 11.7. The predicted molar refractivity (Wildman–Crippen MR) is 131 cm³/mol. The van der Waals surface area contributed by atoms with Crippen molar-refractivity contribution in [2.45, 2.75) is 45.1 Å². The van der Waals surface area contributed by atoms with Crippen LogP contribution in [-0.4, -0.2) is 43.8 Å². The Morgan fingerprint density at radius 1 is 1.07 bits per heavy atom. The zero-order valence-electron chi connectivity index (χ0n) is 17.7. The van der Waals surface area contributed by atoms with Crippen LogP contribution >= 0.6 is 24.0 Å². The van der Waals surface area contributed by atoms with Crippen LogP contribution in [0.15, 0.2) is 53.5 Å². The topological polar surface area (TPSA) is 46.1 Å². The lowest BCUT2D eigenvalue weighted by atomic mass is 10.0. The Morgan fingerprint density at radius 3 is 2.50 bits per heavy atom. The highest BCUT2D eigenvalue weighted by atomic mass is 127. The van der Waals surface area contributed by atoms with Crippen molar-refractivity contribution in [3.05, 3.63) is 70.8 Å². The van der Waals surface area contributed by atoms with Crippen LogP contribution in [0.4, 0.5) is 0 Å². The van der Waals surface area contributed by atoms with Gasteiger partial charge in [0.05, 0.1) is 12.7 Å². The van der Waals surface area contributed by atoms with E-state index in [0.717, 1.165) is 58.1 Å². The van der Waals surface area contributed by atoms with Crippen molar-refractivity contribution in [1.29, 1.82) is 0 Å². The maximum absolute atomic E-state index is 6.01. The zero-order valence-corrected chi connectivity index (χ0v) is 20.0. The van der Waals surface area contributed by atoms with Crippen molar-refractivity contribution in [2.24, 2.45) is 4.99 Å². The fourth-order valence-corrected chi connectivity index (χ4v) is 4.00. The molecular formula is C24H32IN3O2. The van der Waals surface area contributed by atoms with Gasteiger partial charge in [0.15, 0.2) is 5.96 Å². The monoisotopic (exact) mass is 521 g/mol. The van der Waals surface area contributed by atoms with E-state index in [4.69, 9.17) is 9.47 Å². The Kier molecular flexibility index (Phi) is 8.96. The Labute approximate surface area is 196 Å². The van der Waals surface area contributed by atoms with Gasteiger partial charge >= 0.3 is 0 Å². The highest BCUT2D eigenvalue weighted by molar-refractivity contribution is 14.0. The number of hydrogen-bond donors (Lipinski definition) is 1. The van der Waals surface area contributed by atoms with Gasteiger partial charge in [0.2, 0.25) is 0 Å². The normalized spacial score (nSPS) is 17.2. The number of guanidine groups is 1. The molecule has 2 aliphatic heterocycles. The molecule has 0 aliphatic carbocycles. The van der Waals surface area contributed by atoms with Gasteiger partial charge in [-0.25, -0.2) is 0 Å². The Hall–Kier alpha value is -1.64. The lowest BCUT2D eigenvalue weighted by Gasteiger charge is -2.31. The summed E-state index contributed by atoms with van der Waals surface area (Å²) >= 11 is 0. The van der Waals surface area contributed by atoms with Crippen LogP contribution in [0.5, 0.6) is 0 Å². The molecule has 0 spiro atoms. The van der Waals surface area contributed by atoms with E-state index in [2.05, 4.69) is 63.7 Å². The molecule has 0 aromatic heterocycles. The number of halogens is 1. The van der Waals surface area contributed by atoms with Crippen LogP contribution in [0, 0.1) is 0 Å². The molecule has 162 valence electrons. The summed E-state index contributed by atoms with van der Waals surface area (Å²) in [5.74, 6) is 0.964. The summed E-state index contributed by atoms with van der Waals surface area (Å²) in [5.41, 5.74) is 5.32. The molecule has 2 aromatic carbocycles. The molecule has 0 radical (unpaired) electrons. The average molecular weight is 521 g/mol. The van der Waals surface area contributed by atoms with Crippen LogP contribution < -0.4 is 5.32 Å². The first-order valence-corrected chi connectivity index (χ1v) is 10.6. The SMILES string of the molecule is CN=C(NCc1ccc(COC2CCOCC2)cc1)N1CCc2ccccc2C1.I. The summed E-state index contributed by atoms with van der Waals surface area (Å²) in [4.78, 5) is 6.83. The Morgan fingerprint density at radius 2 is 1.77 bits per heavy atom. The third kappa shape index (κ3) is 6.18. The average Bonchev–Trinajstić information content (AvgIpc) is 2.79. The number of ether oxygens (including phenoxy) is 2. The number of nitrogens with one attached hydrogen (secondary N) is 1. The molecule has 5 nitrogen and oxygen atoms in total. The van der Waals surface area contributed by atoms with Crippen molar-refractivity contribution in [2.75, 3.05) is 26.8 Å². The van der Waals surface area contributed by atoms with Crippen LogP contribution in [0.1, 0.15) is 35.1 Å². The second-order valence-corrected chi connectivity index (χ2v) is 7.78. The van der Waals surface area contributed by atoms with Crippen molar-refractivity contribution in [3.8, 4) is 0 Å². The molecule has 0 amide bonds. The number of nitrogens with zero attached hydrogens (tertiary/aromatic N) is 2. The standard InChI is InChI=1S/C24H31N3O2.HI/c1-25-24(27-13-10-21-4-2-3-5-22(21)17-27)26-16-19-6-8-20(9-7-19)18-29-23-11-14-28-15-12-23;/h2-9,23H,10-18H2,1H3,(H,25,26);1H. The van der Waals surface area contributed by atoms with Crippen LogP contribution in [0.2, 0.25) is 0 Å². The largest absolute Gasteiger partial charge is 0.381 e. The third-order valence-corrected chi connectivity index (χ3v) is 5.77. The van der Waals surface area contributed by atoms with Crippen molar-refractivity contribution < 1.29 is 9.47 Å². The summed E-state index contributed by atoms with van der Waals surface area (Å²) in [6.45, 7) is 5.00. The van der Waals surface area contributed by atoms with E-state index < -0.39 is 0 Å². The molecule has 1 fully saturated rings. The number of benzene rings is 2. The molecule has 4 rings (SSSR count). The van der Waals surface area contributed by atoms with E-state index in [1.165, 1.54) is 22.3 Å². The van der Waals surface area contributed by atoms with Crippen molar-refractivity contribution >= 4 is 29.9 Å². The van der Waals surface area contributed by atoms with E-state index in [1.54, 1.807) is 0 Å². The van der Waals surface area contributed by atoms with Crippen molar-refractivity contribution in [3.63, 3.8) is 0 Å². The summed E-state index contributed by atoms with van der Waals surface area (Å²) in [6, 6.07) is 17.4. The first-order chi connectivity index (χ1) is 14.3. The highest BCUT2D eigenvalue weighted by Crippen LogP contribution is 2.18. The summed E-state index contributed by atoms with van der Waals surface area (Å²) in [7, 11) is 1.86. The van der Waals surface area contributed by atoms with Gasteiger partial charge < -0.3 is 19.7 Å². The van der Waals surface area contributed by atoms with Gasteiger partial charge in [0.25, 0.3) is 0 Å². The molecule has 0 atom stereocenters. The van der Waals surface area contributed by atoms with Crippen molar-refractivity contribution in [1.82, 2.24) is 10.2 Å². The summed E-state index contributed by atoms with van der Waals surface area (Å²) in [6.07, 6.45) is 3.41. The van der Waals surface area contributed by atoms with Crippen LogP contribution in [0.3, 0.4) is 0 Å². The maximum Gasteiger partial charge on any atom is 0.194 e. The van der Waals surface area contributed by atoms with E-state index in [0.29, 0.717) is 12.7 Å². The van der Waals surface area contributed by atoms with E-state index in [9.17, 15) is 0 Å². The van der Waals surface area contributed by atoms with Gasteiger partial charge in [0, 0.05) is 39.9 Å². The molecule has 0 unspecified atom stereocenters. The van der Waals surface area contributed by atoms with Crippen LogP contribution in [-0.2, 0) is 35.6 Å². The molecule has 2 aliphatic rings. The number of rotatable bonds is 5. The number of aliphatic imine (C=N–C) groups is 1. The number of fused-ring (bicyclic) bond motifs is 1. The first kappa shape index (κ1) is 23.0. The molecule has 30 heavy (non-hydrogen) atoms. The highest BCUT2D eigenvalue weighted by Gasteiger charge is 2.18. The summed E-state index contributed by atoms with van der Waals surface area (Å²) in [5, 5.41) is 3.52. The van der Waals surface area contributed by atoms with E-state index >= 15 is 0 Å². The quantitative estimate of drug-likeness (QED) is 0.365. The van der Waals surface area contributed by atoms with E-state index in [-0.39, 0.29) is 24.0 Å². The maximum atomic E-state index is 6.01. The minimum atomic E-state index is 0. The third-order valence-electron chi connectivity index (χ3n) is 5.77. The minimum Gasteiger partial charge on any atom is -0.381 e. The lowest BCUT2D eigenvalue weighted by Crippen LogP contribution is -2.43. The first-order valence-electron chi connectivity index (χ1n) is 10.6. The van der Waals surface area contributed by atoms with Gasteiger partial charge in [0.1, 0.15) is 0 Å². The molecule has 2 heterocycles. The summed E-state index contributed by atoms with van der Waals surface area (Å²) < 4.78 is 11.4. The molecule has 6 heteroatoms. The van der Waals surface area contributed by atoms with Gasteiger partial charge in [-0.15, -0.1) is 24.0 Å². The number of hydrogen-bond acceptors (Lipinski definition) is 3. The van der Waals surface area contributed by atoms with Gasteiger partial charge in [-0.1, -0.05) is 48.5 Å². The molecule has 0 bridgehead atoms.